The Balaban J connectivity index is 1.58. The van der Waals surface area contributed by atoms with Crippen LogP contribution in [0.15, 0.2) is 84.9 Å². The van der Waals surface area contributed by atoms with E-state index in [0.29, 0.717) is 5.69 Å². The zero-order valence-corrected chi connectivity index (χ0v) is 18.9. The Hall–Kier alpha value is -3.12. The van der Waals surface area contributed by atoms with Crippen molar-refractivity contribution in [1.82, 2.24) is 5.32 Å². The molecule has 0 radical (unpaired) electrons. The van der Waals surface area contributed by atoms with Crippen molar-refractivity contribution < 1.29 is 14.0 Å². The summed E-state index contributed by atoms with van der Waals surface area (Å²) in [6.45, 7) is 3.79. The van der Waals surface area contributed by atoms with Gasteiger partial charge in [0.2, 0.25) is 11.8 Å². The van der Waals surface area contributed by atoms with Crippen LogP contribution in [0.2, 0.25) is 0 Å². The van der Waals surface area contributed by atoms with Crippen LogP contribution in [-0.2, 0) is 9.59 Å². The molecule has 0 aliphatic rings. The van der Waals surface area contributed by atoms with Gasteiger partial charge in [-0.2, -0.15) is 0 Å². The lowest BCUT2D eigenvalue weighted by Crippen LogP contribution is -2.41. The molecule has 3 rings (SSSR count). The van der Waals surface area contributed by atoms with Crippen LogP contribution in [0.5, 0.6) is 0 Å². The molecule has 2 unspecified atom stereocenters. The van der Waals surface area contributed by atoms with E-state index in [1.54, 1.807) is 6.92 Å². The van der Waals surface area contributed by atoms with Crippen molar-refractivity contribution in [2.75, 3.05) is 11.1 Å². The number of hydrogen-bond donors (Lipinski definition) is 2. The number of halogens is 1. The van der Waals surface area contributed by atoms with Gasteiger partial charge in [0, 0.05) is 17.6 Å². The maximum atomic E-state index is 13.0. The first kappa shape index (κ1) is 23.5. The molecule has 0 spiro atoms. The third kappa shape index (κ3) is 6.69. The lowest BCUT2D eigenvalue weighted by atomic mass is 9.86. The Kier molecular flexibility index (Phi) is 8.45. The molecular formula is C26H27FN2O2S. The Morgan fingerprint density at radius 2 is 1.38 bits per heavy atom. The minimum atomic E-state index is -0.399. The molecule has 166 valence electrons. The Morgan fingerprint density at radius 1 is 0.844 bits per heavy atom. The summed E-state index contributed by atoms with van der Waals surface area (Å²) in [5.74, 6) is -0.572. The Labute approximate surface area is 192 Å². The molecule has 0 aliphatic carbocycles. The van der Waals surface area contributed by atoms with Crippen LogP contribution in [0.4, 0.5) is 10.1 Å². The predicted octanol–water partition coefficient (Wildman–Crippen LogP) is 5.22. The Morgan fingerprint density at radius 3 is 1.91 bits per heavy atom. The first-order chi connectivity index (χ1) is 15.4. The quantitative estimate of drug-likeness (QED) is 0.470. The second-order valence-electron chi connectivity index (χ2n) is 7.60. The molecule has 2 N–H and O–H groups in total. The first-order valence-electron chi connectivity index (χ1n) is 10.5. The Bertz CT molecular complexity index is 974. The van der Waals surface area contributed by atoms with E-state index in [0.717, 1.165) is 11.1 Å². The van der Waals surface area contributed by atoms with E-state index in [4.69, 9.17) is 0 Å². The van der Waals surface area contributed by atoms with Crippen molar-refractivity contribution >= 4 is 29.3 Å². The molecule has 2 atom stereocenters. The van der Waals surface area contributed by atoms with E-state index >= 15 is 0 Å². The number of benzene rings is 3. The number of hydrogen-bond acceptors (Lipinski definition) is 3. The molecule has 0 bridgehead atoms. The van der Waals surface area contributed by atoms with Crippen molar-refractivity contribution in [1.29, 1.82) is 0 Å². The highest BCUT2D eigenvalue weighted by molar-refractivity contribution is 8.01. The van der Waals surface area contributed by atoms with Gasteiger partial charge in [0.1, 0.15) is 5.82 Å². The van der Waals surface area contributed by atoms with Crippen molar-refractivity contribution in [3.8, 4) is 0 Å². The molecule has 2 amide bonds. The predicted molar refractivity (Wildman–Crippen MR) is 129 cm³/mol. The van der Waals surface area contributed by atoms with Gasteiger partial charge in [-0.25, -0.2) is 4.39 Å². The summed E-state index contributed by atoms with van der Waals surface area (Å²) >= 11 is 1.26. The van der Waals surface area contributed by atoms with Crippen molar-refractivity contribution in [2.45, 2.75) is 31.1 Å². The van der Waals surface area contributed by atoms with Crippen LogP contribution in [-0.4, -0.2) is 28.9 Å². The summed E-state index contributed by atoms with van der Waals surface area (Å²) in [6, 6.07) is 25.7. The maximum Gasteiger partial charge on any atom is 0.234 e. The number of carbonyl (C=O) groups excluding carboxylic acids is 2. The van der Waals surface area contributed by atoms with Gasteiger partial charge in [-0.05, 0) is 49.2 Å². The highest BCUT2D eigenvalue weighted by atomic mass is 32.2. The summed E-state index contributed by atoms with van der Waals surface area (Å²) in [5.41, 5.74) is 2.78. The average Bonchev–Trinajstić information content (AvgIpc) is 2.80. The highest BCUT2D eigenvalue weighted by Gasteiger charge is 2.25. The fourth-order valence-electron chi connectivity index (χ4n) is 3.52. The number of thioether (sulfide) groups is 1. The molecule has 0 aliphatic heterocycles. The van der Waals surface area contributed by atoms with Gasteiger partial charge in [0.25, 0.3) is 0 Å². The molecule has 0 saturated heterocycles. The van der Waals surface area contributed by atoms with E-state index in [9.17, 15) is 14.0 Å². The summed E-state index contributed by atoms with van der Waals surface area (Å²) in [5, 5.41) is 5.43. The molecule has 0 saturated carbocycles. The molecular weight excluding hydrogens is 423 g/mol. The van der Waals surface area contributed by atoms with Crippen molar-refractivity contribution in [3.63, 3.8) is 0 Å². The van der Waals surface area contributed by atoms with E-state index in [1.165, 1.54) is 36.0 Å². The minimum Gasteiger partial charge on any atom is -0.352 e. The largest absolute Gasteiger partial charge is 0.352 e. The smallest absolute Gasteiger partial charge is 0.234 e. The summed E-state index contributed by atoms with van der Waals surface area (Å²) < 4.78 is 13.0. The van der Waals surface area contributed by atoms with Gasteiger partial charge in [-0.3, -0.25) is 9.59 Å². The number of carbonyl (C=O) groups is 2. The molecule has 3 aromatic rings. The van der Waals surface area contributed by atoms with Gasteiger partial charge in [-0.15, -0.1) is 11.8 Å². The van der Waals surface area contributed by atoms with Crippen molar-refractivity contribution in [3.05, 3.63) is 102 Å². The SMILES string of the molecule is CC(SCC(=O)Nc1ccc(F)cc1)C(=O)NC(C)C(c1ccccc1)c1ccccc1. The minimum absolute atomic E-state index is 0.0142. The van der Waals surface area contributed by atoms with Crippen LogP contribution in [0, 0.1) is 5.82 Å². The summed E-state index contributed by atoms with van der Waals surface area (Å²) in [4.78, 5) is 25.0. The normalized spacial score (nSPS) is 12.8. The second kappa shape index (κ2) is 11.5. The standard InChI is InChI=1S/C26H27FN2O2S/c1-18(25(20-9-5-3-6-10-20)21-11-7-4-8-12-21)28-26(31)19(2)32-17-24(30)29-23-15-13-22(27)14-16-23/h3-16,18-19,25H,17H2,1-2H3,(H,28,31)(H,29,30). The molecule has 0 heterocycles. The van der Waals surface area contributed by atoms with Gasteiger partial charge in [-0.1, -0.05) is 60.7 Å². The molecule has 0 aromatic heterocycles. The van der Waals surface area contributed by atoms with E-state index in [1.807, 2.05) is 43.3 Å². The van der Waals surface area contributed by atoms with Gasteiger partial charge < -0.3 is 10.6 Å². The van der Waals surface area contributed by atoms with Gasteiger partial charge in [0.05, 0.1) is 11.0 Å². The van der Waals surface area contributed by atoms with Crippen LogP contribution >= 0.6 is 11.8 Å². The third-order valence-corrected chi connectivity index (χ3v) is 6.29. The van der Waals surface area contributed by atoms with Gasteiger partial charge in [0.15, 0.2) is 0 Å². The summed E-state index contributed by atoms with van der Waals surface area (Å²) in [7, 11) is 0. The third-order valence-electron chi connectivity index (χ3n) is 5.15. The van der Waals surface area contributed by atoms with Crippen LogP contribution < -0.4 is 10.6 Å². The van der Waals surface area contributed by atoms with Crippen LogP contribution in [0.25, 0.3) is 0 Å². The monoisotopic (exact) mass is 450 g/mol. The highest BCUT2D eigenvalue weighted by Crippen LogP contribution is 2.28. The lowest BCUT2D eigenvalue weighted by Gasteiger charge is -2.27. The van der Waals surface area contributed by atoms with E-state index < -0.39 is 5.25 Å². The van der Waals surface area contributed by atoms with Crippen molar-refractivity contribution in [2.24, 2.45) is 0 Å². The summed E-state index contributed by atoms with van der Waals surface area (Å²) in [6.07, 6.45) is 0. The fourth-order valence-corrected chi connectivity index (χ4v) is 4.22. The zero-order chi connectivity index (χ0) is 22.9. The number of nitrogens with one attached hydrogen (secondary N) is 2. The van der Waals surface area contributed by atoms with Gasteiger partial charge >= 0.3 is 0 Å². The number of anilines is 1. The van der Waals surface area contributed by atoms with E-state index in [2.05, 4.69) is 34.9 Å². The molecule has 6 heteroatoms. The number of rotatable bonds is 9. The molecule has 4 nitrogen and oxygen atoms in total. The van der Waals surface area contributed by atoms with Crippen LogP contribution in [0.3, 0.4) is 0 Å². The second-order valence-corrected chi connectivity index (χ2v) is 8.93. The molecule has 0 fully saturated rings. The first-order valence-corrected chi connectivity index (χ1v) is 11.6. The molecule has 32 heavy (non-hydrogen) atoms. The maximum absolute atomic E-state index is 13.0. The fraction of sp³-hybridized carbons (Fsp3) is 0.231. The van der Waals surface area contributed by atoms with E-state index in [-0.39, 0.29) is 35.3 Å². The lowest BCUT2D eigenvalue weighted by molar-refractivity contribution is -0.121. The average molecular weight is 451 g/mol. The topological polar surface area (TPSA) is 58.2 Å². The molecule has 3 aromatic carbocycles. The van der Waals surface area contributed by atoms with Crippen LogP contribution in [0.1, 0.15) is 30.9 Å². The number of amides is 2. The zero-order valence-electron chi connectivity index (χ0n) is 18.1.